The average Bonchev–Trinajstić information content (AvgIpc) is 3.04. The molecule has 0 spiro atoms. The van der Waals surface area contributed by atoms with Gasteiger partial charge in [-0.2, -0.15) is 0 Å². The maximum absolute atomic E-state index is 8.13. The Morgan fingerprint density at radius 3 is 0.967 bits per heavy atom. The first-order valence-electron chi connectivity index (χ1n) is 10.7. The van der Waals surface area contributed by atoms with Crippen molar-refractivity contribution in [2.45, 2.75) is 110 Å². The van der Waals surface area contributed by atoms with Crippen molar-refractivity contribution in [3.8, 4) is 0 Å². The molecule has 0 aromatic rings. The highest BCUT2D eigenvalue weighted by molar-refractivity contribution is 7.58. The maximum atomic E-state index is 8.13. The topological polar surface area (TPSA) is 13.0 Å². The highest BCUT2D eigenvalue weighted by Gasteiger charge is 2.79. The van der Waals surface area contributed by atoms with Crippen molar-refractivity contribution in [1.29, 1.82) is 0 Å². The van der Waals surface area contributed by atoms with Gasteiger partial charge in [0.1, 0.15) is 4.46 Å². The number of halogens is 3. The van der Waals surface area contributed by atoms with Crippen LogP contribution in [0.2, 0.25) is 0 Å². The highest BCUT2D eigenvalue weighted by Crippen LogP contribution is 2.53. The summed E-state index contributed by atoms with van der Waals surface area (Å²) in [7, 11) is -6.05. The number of rotatable bonds is 2. The summed E-state index contributed by atoms with van der Waals surface area (Å²) < 4.78 is 9.08. The maximum Gasteiger partial charge on any atom is 0.397 e. The third kappa shape index (κ3) is 3.83. The molecular formula is C21H41Cl3N4Si2. The Morgan fingerprint density at radius 1 is 0.533 bits per heavy atom. The largest absolute Gasteiger partial charge is 0.397 e. The predicted octanol–water partition coefficient (Wildman–Crippen LogP) is 6.40. The summed E-state index contributed by atoms with van der Waals surface area (Å²) in [5, 5.41) is 0. The second-order valence-corrected chi connectivity index (χ2v) is 26.2. The molecule has 2 aliphatic heterocycles. The van der Waals surface area contributed by atoms with Crippen LogP contribution in [-0.4, -0.2) is 60.0 Å². The van der Waals surface area contributed by atoms with Crippen molar-refractivity contribution < 1.29 is 0 Å². The van der Waals surface area contributed by atoms with Gasteiger partial charge in [-0.15, -0.1) is 34.3 Å². The summed E-state index contributed by atoms with van der Waals surface area (Å²) >= 11 is 22.4. The van der Waals surface area contributed by atoms with Crippen molar-refractivity contribution in [3.05, 3.63) is 24.8 Å². The van der Waals surface area contributed by atoms with Crippen LogP contribution in [-0.2, 0) is 0 Å². The minimum atomic E-state index is -3.05. The zero-order valence-corrected chi connectivity index (χ0v) is 25.1. The summed E-state index contributed by atoms with van der Waals surface area (Å²) in [6, 6.07) is 0. The lowest BCUT2D eigenvalue weighted by Gasteiger charge is -2.63. The monoisotopic (exact) mass is 510 g/mol. The van der Waals surface area contributed by atoms with Gasteiger partial charge in [0.05, 0.1) is 0 Å². The fraction of sp³-hybridized carbons (Fsp3) is 0.810. The van der Waals surface area contributed by atoms with Gasteiger partial charge in [0, 0.05) is 47.0 Å². The number of hydrogen-bond acceptors (Lipinski definition) is 4. The molecule has 0 aliphatic carbocycles. The van der Waals surface area contributed by atoms with Gasteiger partial charge < -0.3 is 18.3 Å². The Labute approximate surface area is 201 Å². The van der Waals surface area contributed by atoms with E-state index in [0.717, 1.165) is 0 Å². The van der Waals surface area contributed by atoms with Gasteiger partial charge in [-0.3, -0.25) is 0 Å². The first-order chi connectivity index (χ1) is 13.1. The van der Waals surface area contributed by atoms with Crippen LogP contribution in [0, 0.1) is 0 Å². The van der Waals surface area contributed by atoms with E-state index in [-0.39, 0.29) is 22.2 Å². The van der Waals surface area contributed by atoms with Crippen LogP contribution in [0.1, 0.15) is 83.1 Å². The highest BCUT2D eigenvalue weighted by atomic mass is 35.6. The van der Waals surface area contributed by atoms with Gasteiger partial charge in [0.15, 0.2) is 0 Å². The molecule has 0 amide bonds. The van der Waals surface area contributed by atoms with Gasteiger partial charge >= 0.3 is 15.1 Å². The summed E-state index contributed by atoms with van der Waals surface area (Å²) in [4.78, 5) is 0. The standard InChI is InChI=1S/C21H41Cl3N4Si2/c1-18(2,3)25-13-14-26(19(4,5)6)29(25,17(22)23)30(24)27(20(7,8)9)15-16-28(30)21(10,11)12/h13-17H,1-12H3. The molecule has 0 radical (unpaired) electrons. The second-order valence-electron chi connectivity index (χ2n) is 12.4. The zero-order valence-electron chi connectivity index (χ0n) is 20.8. The molecule has 0 aromatic carbocycles. The third-order valence-electron chi connectivity index (χ3n) is 5.77. The molecule has 2 aliphatic rings. The van der Waals surface area contributed by atoms with E-state index in [2.05, 4.69) is 126 Å². The molecule has 0 fully saturated rings. The number of hydrogen-bond donors (Lipinski definition) is 0. The number of nitrogens with zero attached hydrogens (tertiary/aromatic N) is 4. The Kier molecular flexibility index (Phi) is 6.57. The Balaban J connectivity index is 2.99. The van der Waals surface area contributed by atoms with Gasteiger partial charge in [-0.25, -0.2) is 0 Å². The van der Waals surface area contributed by atoms with Crippen molar-refractivity contribution >= 4 is 49.4 Å². The van der Waals surface area contributed by atoms with Gasteiger partial charge in [0.25, 0.3) is 0 Å². The van der Waals surface area contributed by atoms with Gasteiger partial charge in [-0.05, 0) is 83.1 Å². The summed E-state index contributed by atoms with van der Waals surface area (Å²) in [5.74, 6) is 0. The molecular weight excluding hydrogens is 471 g/mol. The smallest absolute Gasteiger partial charge is 0.378 e. The number of alkyl halides is 2. The summed E-state index contributed by atoms with van der Waals surface area (Å²) in [6.45, 7) is 26.7. The molecule has 174 valence electrons. The van der Waals surface area contributed by atoms with E-state index in [1.54, 1.807) is 0 Å². The van der Waals surface area contributed by atoms with Crippen molar-refractivity contribution in [1.82, 2.24) is 18.3 Å². The van der Waals surface area contributed by atoms with Crippen LogP contribution in [0.3, 0.4) is 0 Å². The van der Waals surface area contributed by atoms with E-state index in [0.29, 0.717) is 0 Å². The molecule has 9 heteroatoms. The quantitative estimate of drug-likeness (QED) is 0.241. The minimum Gasteiger partial charge on any atom is -0.378 e. The first kappa shape index (κ1) is 26.2. The lowest BCUT2D eigenvalue weighted by atomic mass is 10.1. The fourth-order valence-electron chi connectivity index (χ4n) is 4.74. The lowest BCUT2D eigenvalue weighted by Crippen LogP contribution is -2.90. The third-order valence-corrected chi connectivity index (χ3v) is 26.4. The molecule has 0 atom stereocenters. The van der Waals surface area contributed by atoms with E-state index in [1.165, 1.54) is 0 Å². The molecule has 2 rings (SSSR count). The normalized spacial score (nSPS) is 22.1. The van der Waals surface area contributed by atoms with Gasteiger partial charge in [0.2, 0.25) is 0 Å². The fourth-order valence-corrected chi connectivity index (χ4v) is 31.4. The van der Waals surface area contributed by atoms with Crippen LogP contribution in [0.4, 0.5) is 0 Å². The molecule has 2 heterocycles. The van der Waals surface area contributed by atoms with Crippen molar-refractivity contribution in [2.24, 2.45) is 0 Å². The van der Waals surface area contributed by atoms with E-state index < -0.39 is 19.6 Å². The zero-order chi connectivity index (χ0) is 23.7. The van der Waals surface area contributed by atoms with Crippen LogP contribution >= 0.6 is 34.3 Å². The van der Waals surface area contributed by atoms with Crippen molar-refractivity contribution in [2.75, 3.05) is 0 Å². The average molecular weight is 512 g/mol. The van der Waals surface area contributed by atoms with Crippen LogP contribution in [0.5, 0.6) is 0 Å². The molecule has 0 saturated carbocycles. The van der Waals surface area contributed by atoms with E-state index in [4.69, 9.17) is 34.3 Å². The van der Waals surface area contributed by atoms with Crippen LogP contribution in [0.25, 0.3) is 0 Å². The molecule has 30 heavy (non-hydrogen) atoms. The van der Waals surface area contributed by atoms with Gasteiger partial charge in [-0.1, -0.05) is 0 Å². The molecule has 0 aromatic heterocycles. The molecule has 0 saturated heterocycles. The van der Waals surface area contributed by atoms with E-state index in [9.17, 15) is 0 Å². The molecule has 0 unspecified atom stereocenters. The van der Waals surface area contributed by atoms with Crippen LogP contribution < -0.4 is 0 Å². The van der Waals surface area contributed by atoms with Crippen molar-refractivity contribution in [3.63, 3.8) is 0 Å². The second kappa shape index (κ2) is 7.51. The summed E-state index contributed by atoms with van der Waals surface area (Å²) in [6.07, 6.45) is 8.73. The van der Waals surface area contributed by atoms with Crippen LogP contribution in [0.15, 0.2) is 24.8 Å². The molecule has 0 N–H and O–H groups in total. The predicted molar refractivity (Wildman–Crippen MR) is 138 cm³/mol. The summed E-state index contributed by atoms with van der Waals surface area (Å²) in [5.41, 5.74) is -0.726. The van der Waals surface area contributed by atoms with E-state index >= 15 is 0 Å². The first-order valence-corrected chi connectivity index (χ1v) is 17.4. The Morgan fingerprint density at radius 2 is 0.767 bits per heavy atom. The lowest BCUT2D eigenvalue weighted by molar-refractivity contribution is 0.246. The Bertz CT molecular complexity index is 664. The van der Waals surface area contributed by atoms with E-state index in [1.807, 2.05) is 0 Å². The minimum absolute atomic E-state index is 0.178. The molecule has 0 bridgehead atoms. The SMILES string of the molecule is CC(C)(C)N1C=CN(C(C)(C)C)[Si]1(Cl)[Si]1(C(Cl)Cl)N(C(C)(C)C)C=CN1C(C)(C)C. The molecule has 4 nitrogen and oxygen atoms in total. The Hall–Kier alpha value is -0.0162.